The molecule has 0 spiro atoms. The van der Waals surface area contributed by atoms with Crippen molar-refractivity contribution in [2.75, 3.05) is 37.1 Å². The van der Waals surface area contributed by atoms with Crippen LogP contribution in [0.2, 0.25) is 0 Å². The number of aromatic carboxylic acids is 1. The molecule has 2 aliphatic rings. The van der Waals surface area contributed by atoms with E-state index in [0.29, 0.717) is 24.5 Å². The third-order valence-corrected chi connectivity index (χ3v) is 10.7. The monoisotopic (exact) mass is 920 g/mol. The highest BCUT2D eigenvalue weighted by molar-refractivity contribution is 6.07. The Balaban J connectivity index is 0.000000186. The second kappa shape index (κ2) is 19.3. The number of ether oxygens (including phenoxy) is 3. The fourth-order valence-electron chi connectivity index (χ4n) is 7.36. The molecule has 342 valence electrons. The average Bonchev–Trinajstić information content (AvgIpc) is 4.05. The summed E-state index contributed by atoms with van der Waals surface area (Å²) in [5.74, 6) is -1.98. The topological polar surface area (TPSA) is 210 Å². The second-order valence-corrected chi connectivity index (χ2v) is 14.6. The number of carboxylic acid groups (broad SMARTS) is 1. The maximum absolute atomic E-state index is 13.5. The predicted octanol–water partition coefficient (Wildman–Crippen LogP) is 6.95. The Kier molecular flexibility index (Phi) is 13.0. The van der Waals surface area contributed by atoms with Gasteiger partial charge >= 0.3 is 11.9 Å². The lowest BCUT2D eigenvalue weighted by Gasteiger charge is -2.27. The Labute approximate surface area is 377 Å². The number of esters is 1. The summed E-state index contributed by atoms with van der Waals surface area (Å²) >= 11 is 0. The molecule has 0 atom stereocenters. The number of amides is 2. The smallest absolute Gasteiger partial charge is 0.340 e. The number of carboxylic acids is 1. The summed E-state index contributed by atoms with van der Waals surface area (Å²) in [5.41, 5.74) is 0.924. The van der Waals surface area contributed by atoms with E-state index in [-0.39, 0.29) is 88.0 Å². The number of fused-ring (bicyclic) bond motifs is 2. The van der Waals surface area contributed by atoms with Crippen molar-refractivity contribution < 1.29 is 56.1 Å². The molecule has 7 aromatic rings. The molecular formula is C45H36F4N10O8. The van der Waals surface area contributed by atoms with Crippen LogP contribution >= 0.6 is 0 Å². The van der Waals surface area contributed by atoms with Gasteiger partial charge in [-0.3, -0.25) is 38.7 Å². The predicted molar refractivity (Wildman–Crippen MR) is 228 cm³/mol. The van der Waals surface area contributed by atoms with Crippen LogP contribution in [-0.2, 0) is 24.4 Å². The normalized spacial score (nSPS) is 13.2. The molecule has 2 aliphatic heterocycles. The molecule has 0 saturated heterocycles. The number of pyridine rings is 4. The number of benzene rings is 1. The number of methoxy groups -OCH3 is 2. The summed E-state index contributed by atoms with van der Waals surface area (Å²) < 4.78 is 72.7. The van der Waals surface area contributed by atoms with E-state index in [0.717, 1.165) is 30.1 Å². The van der Waals surface area contributed by atoms with E-state index in [2.05, 4.69) is 30.1 Å². The van der Waals surface area contributed by atoms with Crippen LogP contribution < -0.4 is 19.3 Å². The molecular weight excluding hydrogens is 885 g/mol. The summed E-state index contributed by atoms with van der Waals surface area (Å²) in [6, 6.07) is 17.4. The first-order valence-electron chi connectivity index (χ1n) is 20.1. The Morgan fingerprint density at radius 3 is 1.57 bits per heavy atom. The first-order chi connectivity index (χ1) is 32.4. The molecule has 0 unspecified atom stereocenters. The van der Waals surface area contributed by atoms with Crippen molar-refractivity contribution in [3.05, 3.63) is 143 Å². The lowest BCUT2D eigenvalue weighted by atomic mass is 10.00. The summed E-state index contributed by atoms with van der Waals surface area (Å²) in [5, 5.41) is 17.8. The van der Waals surface area contributed by atoms with Crippen LogP contribution in [0, 0.1) is 0 Å². The largest absolute Gasteiger partial charge is 0.494 e. The van der Waals surface area contributed by atoms with Gasteiger partial charge in [-0.05, 0) is 42.0 Å². The zero-order valence-corrected chi connectivity index (χ0v) is 35.3. The Hall–Kier alpha value is -8.56. The van der Waals surface area contributed by atoms with E-state index in [1.165, 1.54) is 60.9 Å². The third-order valence-electron chi connectivity index (χ3n) is 10.7. The van der Waals surface area contributed by atoms with Crippen molar-refractivity contribution in [2.45, 2.75) is 32.5 Å². The molecule has 18 nitrogen and oxygen atoms in total. The number of hydrogen-bond donors (Lipinski definition) is 1. The van der Waals surface area contributed by atoms with Crippen LogP contribution in [-0.4, -0.2) is 95.7 Å². The van der Waals surface area contributed by atoms with Gasteiger partial charge in [0.1, 0.15) is 52.5 Å². The van der Waals surface area contributed by atoms with Gasteiger partial charge in [-0.2, -0.15) is 10.2 Å². The Morgan fingerprint density at radius 1 is 0.627 bits per heavy atom. The van der Waals surface area contributed by atoms with Crippen LogP contribution in [0.15, 0.2) is 104 Å². The summed E-state index contributed by atoms with van der Waals surface area (Å²) in [6.45, 7) is 1.43. The molecule has 0 radical (unpaired) electrons. The van der Waals surface area contributed by atoms with E-state index >= 15 is 0 Å². The van der Waals surface area contributed by atoms with Gasteiger partial charge in [-0.25, -0.2) is 37.1 Å². The number of halogens is 4. The second-order valence-electron chi connectivity index (χ2n) is 14.6. The van der Waals surface area contributed by atoms with Gasteiger partial charge in [0.25, 0.3) is 24.7 Å². The number of carbonyl (C=O) groups is 4. The quantitative estimate of drug-likeness (QED) is 0.0972. The molecule has 0 bridgehead atoms. The summed E-state index contributed by atoms with van der Waals surface area (Å²) in [7, 11) is 2.69. The van der Waals surface area contributed by atoms with Gasteiger partial charge in [0.15, 0.2) is 0 Å². The molecule has 0 saturated carbocycles. The van der Waals surface area contributed by atoms with E-state index in [9.17, 15) is 41.8 Å². The van der Waals surface area contributed by atoms with Crippen LogP contribution in [0.3, 0.4) is 0 Å². The molecule has 6 aromatic heterocycles. The highest BCUT2D eigenvalue weighted by Crippen LogP contribution is 2.38. The number of hydrogen-bond acceptors (Lipinski definition) is 13. The first-order valence-corrected chi connectivity index (χ1v) is 20.1. The number of aromatic nitrogens is 8. The lowest BCUT2D eigenvalue weighted by Crippen LogP contribution is -2.41. The van der Waals surface area contributed by atoms with E-state index in [1.807, 2.05) is 30.3 Å². The maximum Gasteiger partial charge on any atom is 0.340 e. The number of rotatable bonds is 12. The molecule has 1 aromatic carbocycles. The molecule has 22 heteroatoms. The van der Waals surface area contributed by atoms with Crippen molar-refractivity contribution >= 4 is 35.4 Å². The van der Waals surface area contributed by atoms with Crippen molar-refractivity contribution in [3.63, 3.8) is 0 Å². The zero-order chi connectivity index (χ0) is 47.4. The van der Waals surface area contributed by atoms with E-state index in [4.69, 9.17) is 14.2 Å². The maximum atomic E-state index is 13.5. The number of anilines is 2. The van der Waals surface area contributed by atoms with Gasteiger partial charge in [0.05, 0.1) is 50.8 Å². The lowest BCUT2D eigenvalue weighted by molar-refractivity contribution is 0.0472. The molecule has 2 amide bonds. The minimum Gasteiger partial charge on any atom is -0.494 e. The Morgan fingerprint density at radius 2 is 1.10 bits per heavy atom. The fraction of sp³-hybridized carbons (Fsp3) is 0.200. The highest BCUT2D eigenvalue weighted by Gasteiger charge is 2.31. The first kappa shape index (κ1) is 45.0. The molecule has 9 rings (SSSR count). The number of carbonyl (C=O) groups excluding carboxylic acids is 3. The molecule has 1 N–H and O–H groups in total. The minimum absolute atomic E-state index is 0.00519. The van der Waals surface area contributed by atoms with E-state index < -0.39 is 36.2 Å². The molecule has 0 aliphatic carbocycles. The zero-order valence-electron chi connectivity index (χ0n) is 35.3. The van der Waals surface area contributed by atoms with Gasteiger partial charge < -0.3 is 19.3 Å². The minimum atomic E-state index is -2.85. The molecule has 8 heterocycles. The van der Waals surface area contributed by atoms with Crippen LogP contribution in [0.5, 0.6) is 11.5 Å². The summed E-state index contributed by atoms with van der Waals surface area (Å²) in [4.78, 5) is 69.5. The van der Waals surface area contributed by atoms with Crippen LogP contribution in [0.1, 0.15) is 71.5 Å². The third kappa shape index (κ3) is 9.21. The average molecular weight is 921 g/mol. The highest BCUT2D eigenvalue weighted by atomic mass is 19.3. The van der Waals surface area contributed by atoms with E-state index in [1.54, 1.807) is 21.5 Å². The molecule has 0 fully saturated rings. The van der Waals surface area contributed by atoms with Crippen molar-refractivity contribution in [2.24, 2.45) is 0 Å². The van der Waals surface area contributed by atoms with Crippen LogP contribution in [0.25, 0.3) is 22.3 Å². The van der Waals surface area contributed by atoms with Gasteiger partial charge in [-0.15, -0.1) is 0 Å². The SMILES string of the molecule is COc1cnc(C(F)F)cc1-c1cc(N2CCn3nccc3C2=O)ncc1C(=O)O.COc1cnc(C(F)F)cc1-c1cc(N2CCn3nccc3C2=O)ncc1C(=O)OCc1ccccc1. The molecule has 67 heavy (non-hydrogen) atoms. The summed E-state index contributed by atoms with van der Waals surface area (Å²) in [6.07, 6.45) is 1.99. The van der Waals surface area contributed by atoms with Gasteiger partial charge in [-0.1, -0.05) is 30.3 Å². The van der Waals surface area contributed by atoms with Gasteiger partial charge in [0.2, 0.25) is 0 Å². The fourth-order valence-corrected chi connectivity index (χ4v) is 7.36. The van der Waals surface area contributed by atoms with Crippen molar-refractivity contribution in [1.29, 1.82) is 0 Å². The Bertz CT molecular complexity index is 3000. The number of nitrogens with zero attached hydrogens (tertiary/aromatic N) is 10. The van der Waals surface area contributed by atoms with Crippen molar-refractivity contribution in [1.82, 2.24) is 39.5 Å². The van der Waals surface area contributed by atoms with Crippen molar-refractivity contribution in [3.8, 4) is 33.8 Å². The standard InChI is InChI=1S/C26H21F2N5O4.C19H15F2N5O4/c1-36-22-14-29-20(24(27)28)11-18(22)17-12-23(32-9-10-33-21(25(32)34)7-8-31-33)30-13-19(17)26(35)37-15-16-5-3-2-4-6-16;1-30-15-9-22-13(17(20)21)6-11(15)10-7-16(23-8-12(10)19(28)29)25-4-5-26-14(18(25)27)2-3-24-26/h2-8,11-14,24H,9-10,15H2,1H3;2-3,6-9,17H,4-5H2,1H3,(H,28,29). The number of alkyl halides is 4. The van der Waals surface area contributed by atoms with Crippen LogP contribution in [0.4, 0.5) is 29.2 Å². The van der Waals surface area contributed by atoms with Gasteiger partial charge in [0, 0.05) is 60.1 Å².